The molecule has 0 bridgehead atoms. The third-order valence-electron chi connectivity index (χ3n) is 3.63. The van der Waals surface area contributed by atoms with Crippen LogP contribution in [-0.2, 0) is 0 Å². The first-order valence-corrected chi connectivity index (χ1v) is 4.69. The molecule has 0 saturated heterocycles. The molecule has 0 aromatic carbocycles. The van der Waals surface area contributed by atoms with E-state index in [-0.39, 0.29) is 0 Å². The Kier molecular flexibility index (Phi) is 2.38. The van der Waals surface area contributed by atoms with E-state index in [1.807, 2.05) is 0 Å². The van der Waals surface area contributed by atoms with E-state index in [1.165, 1.54) is 32.1 Å². The van der Waals surface area contributed by atoms with Crippen LogP contribution in [0.2, 0.25) is 0 Å². The molecule has 0 N–H and O–H groups in total. The molecule has 2 atom stereocenters. The standard InChI is InChI=1S/C10H20/c1-4-10(3)8-6-5-7-9(10)2/h9H,4-8H2,1-3H3/t9-,10-/m1/s1. The Morgan fingerprint density at radius 2 is 2.10 bits per heavy atom. The van der Waals surface area contributed by atoms with Crippen LogP contribution in [0.15, 0.2) is 0 Å². The Labute approximate surface area is 65.0 Å². The molecule has 1 saturated carbocycles. The summed E-state index contributed by atoms with van der Waals surface area (Å²) in [6.07, 6.45) is 7.23. The van der Waals surface area contributed by atoms with Crippen molar-refractivity contribution in [2.45, 2.75) is 52.9 Å². The summed E-state index contributed by atoms with van der Waals surface area (Å²) < 4.78 is 0. The van der Waals surface area contributed by atoms with E-state index < -0.39 is 0 Å². The summed E-state index contributed by atoms with van der Waals surface area (Å²) in [6, 6.07) is 0. The average molecular weight is 140 g/mol. The molecule has 0 aromatic rings. The third-order valence-corrected chi connectivity index (χ3v) is 3.63. The van der Waals surface area contributed by atoms with E-state index in [1.54, 1.807) is 0 Å². The molecule has 10 heavy (non-hydrogen) atoms. The predicted octanol–water partition coefficient (Wildman–Crippen LogP) is 3.61. The molecule has 0 radical (unpaired) electrons. The van der Waals surface area contributed by atoms with Gasteiger partial charge in [0.2, 0.25) is 0 Å². The highest BCUT2D eigenvalue weighted by Crippen LogP contribution is 2.42. The van der Waals surface area contributed by atoms with Crippen LogP contribution < -0.4 is 0 Å². The molecular weight excluding hydrogens is 120 g/mol. The van der Waals surface area contributed by atoms with Gasteiger partial charge < -0.3 is 0 Å². The molecule has 1 fully saturated rings. The van der Waals surface area contributed by atoms with Crippen molar-refractivity contribution in [2.24, 2.45) is 11.3 Å². The minimum Gasteiger partial charge on any atom is -0.0649 e. The first-order valence-electron chi connectivity index (χ1n) is 4.69. The van der Waals surface area contributed by atoms with E-state index in [2.05, 4.69) is 20.8 Å². The molecule has 0 nitrogen and oxygen atoms in total. The molecule has 1 rings (SSSR count). The van der Waals surface area contributed by atoms with E-state index in [9.17, 15) is 0 Å². The second-order valence-corrected chi connectivity index (χ2v) is 4.15. The van der Waals surface area contributed by atoms with E-state index in [4.69, 9.17) is 0 Å². The Hall–Kier alpha value is 0. The summed E-state index contributed by atoms with van der Waals surface area (Å²) in [5, 5.41) is 0. The minimum absolute atomic E-state index is 0.679. The van der Waals surface area contributed by atoms with Crippen molar-refractivity contribution in [3.63, 3.8) is 0 Å². The van der Waals surface area contributed by atoms with Crippen LogP contribution in [0.4, 0.5) is 0 Å². The molecule has 1 aliphatic rings. The number of rotatable bonds is 1. The average Bonchev–Trinajstić information content (AvgIpc) is 1.96. The summed E-state index contributed by atoms with van der Waals surface area (Å²) in [4.78, 5) is 0. The van der Waals surface area contributed by atoms with Gasteiger partial charge >= 0.3 is 0 Å². The fourth-order valence-corrected chi connectivity index (χ4v) is 2.10. The Morgan fingerprint density at radius 3 is 2.50 bits per heavy atom. The van der Waals surface area contributed by atoms with Crippen molar-refractivity contribution in [2.75, 3.05) is 0 Å². The maximum absolute atomic E-state index is 2.46. The number of hydrogen-bond acceptors (Lipinski definition) is 0. The molecule has 0 amide bonds. The van der Waals surface area contributed by atoms with Crippen molar-refractivity contribution in [1.29, 1.82) is 0 Å². The first-order chi connectivity index (χ1) is 4.69. The minimum atomic E-state index is 0.679. The molecule has 0 heteroatoms. The van der Waals surface area contributed by atoms with Crippen LogP contribution in [0.25, 0.3) is 0 Å². The van der Waals surface area contributed by atoms with Gasteiger partial charge in [0.25, 0.3) is 0 Å². The first kappa shape index (κ1) is 8.10. The molecule has 0 aliphatic heterocycles. The molecular formula is C10H20. The molecule has 1 aliphatic carbocycles. The molecule has 0 aromatic heterocycles. The maximum Gasteiger partial charge on any atom is -0.0303 e. The van der Waals surface area contributed by atoms with Crippen LogP contribution in [0.5, 0.6) is 0 Å². The molecule has 60 valence electrons. The zero-order chi connectivity index (χ0) is 7.61. The van der Waals surface area contributed by atoms with Crippen molar-refractivity contribution in [3.05, 3.63) is 0 Å². The van der Waals surface area contributed by atoms with Gasteiger partial charge in [0.15, 0.2) is 0 Å². The quantitative estimate of drug-likeness (QED) is 0.522. The van der Waals surface area contributed by atoms with Gasteiger partial charge in [-0.05, 0) is 17.8 Å². The summed E-state index contributed by atoms with van der Waals surface area (Å²) >= 11 is 0. The van der Waals surface area contributed by atoms with Crippen molar-refractivity contribution < 1.29 is 0 Å². The van der Waals surface area contributed by atoms with Crippen LogP contribution in [-0.4, -0.2) is 0 Å². The summed E-state index contributed by atoms with van der Waals surface area (Å²) in [7, 11) is 0. The van der Waals surface area contributed by atoms with Crippen molar-refractivity contribution in [1.82, 2.24) is 0 Å². The zero-order valence-electron chi connectivity index (χ0n) is 7.61. The van der Waals surface area contributed by atoms with E-state index in [0.29, 0.717) is 5.41 Å². The number of hydrogen-bond donors (Lipinski definition) is 0. The van der Waals surface area contributed by atoms with E-state index >= 15 is 0 Å². The SMILES string of the molecule is CC[C@]1(C)CCCC[C@H]1C. The van der Waals surface area contributed by atoms with Gasteiger partial charge in [0.05, 0.1) is 0 Å². The normalized spacial score (nSPS) is 41.7. The second-order valence-electron chi connectivity index (χ2n) is 4.15. The molecule has 0 unspecified atom stereocenters. The van der Waals surface area contributed by atoms with Crippen molar-refractivity contribution in [3.8, 4) is 0 Å². The lowest BCUT2D eigenvalue weighted by atomic mass is 9.67. The summed E-state index contributed by atoms with van der Waals surface area (Å²) in [5.74, 6) is 0.964. The fraction of sp³-hybridized carbons (Fsp3) is 1.00. The topological polar surface area (TPSA) is 0 Å². The predicted molar refractivity (Wildman–Crippen MR) is 46.0 cm³/mol. The van der Waals surface area contributed by atoms with Crippen LogP contribution >= 0.6 is 0 Å². The highest BCUT2D eigenvalue weighted by Gasteiger charge is 2.31. The summed E-state index contributed by atoms with van der Waals surface area (Å²) in [6.45, 7) is 7.21. The monoisotopic (exact) mass is 140 g/mol. The Balaban J connectivity index is 2.54. The smallest absolute Gasteiger partial charge is 0.0303 e. The largest absolute Gasteiger partial charge is 0.0649 e. The lowest BCUT2D eigenvalue weighted by Crippen LogP contribution is -2.27. The Bertz CT molecular complexity index is 107. The third kappa shape index (κ3) is 1.36. The second kappa shape index (κ2) is 2.94. The molecule has 0 heterocycles. The molecule has 0 spiro atoms. The van der Waals surface area contributed by atoms with Gasteiger partial charge in [-0.3, -0.25) is 0 Å². The Morgan fingerprint density at radius 1 is 1.40 bits per heavy atom. The van der Waals surface area contributed by atoms with Gasteiger partial charge in [-0.25, -0.2) is 0 Å². The van der Waals surface area contributed by atoms with Gasteiger partial charge in [0.1, 0.15) is 0 Å². The van der Waals surface area contributed by atoms with Gasteiger partial charge in [-0.2, -0.15) is 0 Å². The van der Waals surface area contributed by atoms with Crippen LogP contribution in [0.3, 0.4) is 0 Å². The van der Waals surface area contributed by atoms with Gasteiger partial charge in [-0.15, -0.1) is 0 Å². The summed E-state index contributed by atoms with van der Waals surface area (Å²) in [5.41, 5.74) is 0.679. The van der Waals surface area contributed by atoms with Crippen LogP contribution in [0.1, 0.15) is 52.9 Å². The van der Waals surface area contributed by atoms with E-state index in [0.717, 1.165) is 5.92 Å². The van der Waals surface area contributed by atoms with Gasteiger partial charge in [0, 0.05) is 0 Å². The van der Waals surface area contributed by atoms with Crippen LogP contribution in [0, 0.1) is 11.3 Å². The lowest BCUT2D eigenvalue weighted by Gasteiger charge is -2.39. The maximum atomic E-state index is 2.46. The highest BCUT2D eigenvalue weighted by molar-refractivity contribution is 4.82. The highest BCUT2D eigenvalue weighted by atomic mass is 14.4. The van der Waals surface area contributed by atoms with Crippen molar-refractivity contribution >= 4 is 0 Å². The zero-order valence-corrected chi connectivity index (χ0v) is 7.61. The lowest BCUT2D eigenvalue weighted by molar-refractivity contribution is 0.125. The fourth-order valence-electron chi connectivity index (χ4n) is 2.10. The van der Waals surface area contributed by atoms with Gasteiger partial charge in [-0.1, -0.05) is 46.5 Å².